The van der Waals surface area contributed by atoms with Crippen LogP contribution in [0, 0.1) is 0 Å². The van der Waals surface area contributed by atoms with E-state index >= 15 is 0 Å². The topological polar surface area (TPSA) is 42.7 Å². The number of hydrogen-bond acceptors (Lipinski definition) is 3. The summed E-state index contributed by atoms with van der Waals surface area (Å²) in [5.41, 5.74) is 0. The number of rotatable bonds is 5. The fraction of sp³-hybridized carbons (Fsp3) is 0.714. The number of nitrogens with one attached hydrogen (secondary N) is 1. The number of alkyl halides is 3. The highest BCUT2D eigenvalue weighted by molar-refractivity contribution is 4.64. The van der Waals surface area contributed by atoms with Gasteiger partial charge in [-0.1, -0.05) is 5.21 Å². The van der Waals surface area contributed by atoms with Crippen molar-refractivity contribution < 1.29 is 13.2 Å². The molecule has 4 nitrogen and oxygen atoms in total. The van der Waals surface area contributed by atoms with Crippen molar-refractivity contribution in [3.63, 3.8) is 0 Å². The summed E-state index contributed by atoms with van der Waals surface area (Å²) in [7, 11) is 0. The molecule has 1 N–H and O–H groups in total. The minimum Gasteiger partial charge on any atom is -0.315 e. The summed E-state index contributed by atoms with van der Waals surface area (Å²) in [6.45, 7) is 0.926. The zero-order chi connectivity index (χ0) is 10.4. The van der Waals surface area contributed by atoms with E-state index in [4.69, 9.17) is 0 Å². The summed E-state index contributed by atoms with van der Waals surface area (Å²) < 4.78 is 36.6. The van der Waals surface area contributed by atoms with Crippen molar-refractivity contribution in [2.24, 2.45) is 0 Å². The number of aromatic nitrogens is 3. The Hall–Kier alpha value is -1.11. The number of hydrogen-bond donors (Lipinski definition) is 1. The maximum Gasteiger partial charge on any atom is 0.390 e. The van der Waals surface area contributed by atoms with E-state index in [0.29, 0.717) is 13.1 Å². The van der Waals surface area contributed by atoms with Gasteiger partial charge in [-0.25, -0.2) is 0 Å². The van der Waals surface area contributed by atoms with Crippen molar-refractivity contribution in [1.29, 1.82) is 0 Å². The van der Waals surface area contributed by atoms with Crippen LogP contribution >= 0.6 is 0 Å². The third-order valence-electron chi connectivity index (χ3n) is 1.57. The molecule has 0 atom stereocenters. The Balaban J connectivity index is 2.00. The van der Waals surface area contributed by atoms with E-state index < -0.39 is 12.6 Å². The second-order valence-electron chi connectivity index (χ2n) is 2.78. The molecule has 0 aliphatic carbocycles. The van der Waals surface area contributed by atoms with Gasteiger partial charge in [-0.2, -0.15) is 13.2 Å². The maximum atomic E-state index is 11.7. The van der Waals surface area contributed by atoms with Crippen LogP contribution in [0.15, 0.2) is 12.4 Å². The highest BCUT2D eigenvalue weighted by Crippen LogP contribution is 2.17. The van der Waals surface area contributed by atoms with E-state index in [0.717, 1.165) is 0 Å². The first-order chi connectivity index (χ1) is 6.58. The van der Waals surface area contributed by atoms with Crippen molar-refractivity contribution in [1.82, 2.24) is 20.3 Å². The molecule has 7 heteroatoms. The largest absolute Gasteiger partial charge is 0.390 e. The molecule has 0 bridgehead atoms. The molecule has 1 aromatic heterocycles. The smallest absolute Gasteiger partial charge is 0.315 e. The number of nitrogens with zero attached hydrogens (tertiary/aromatic N) is 3. The average molecular weight is 208 g/mol. The lowest BCUT2D eigenvalue weighted by atomic mass is 10.4. The Bertz CT molecular complexity index is 244. The Kier molecular flexibility index (Phi) is 3.87. The van der Waals surface area contributed by atoms with Gasteiger partial charge in [0.15, 0.2) is 0 Å². The summed E-state index contributed by atoms with van der Waals surface area (Å²) in [5.74, 6) is 0. The summed E-state index contributed by atoms with van der Waals surface area (Å²) >= 11 is 0. The zero-order valence-corrected chi connectivity index (χ0v) is 7.46. The molecule has 0 aromatic carbocycles. The van der Waals surface area contributed by atoms with Gasteiger partial charge in [-0.05, 0) is 0 Å². The standard InChI is InChI=1S/C7H11F3N4/c8-7(9,10)1-2-11-3-5-14-6-4-12-13-14/h4,6,11H,1-3,5H2. The van der Waals surface area contributed by atoms with Gasteiger partial charge in [0.05, 0.1) is 19.2 Å². The predicted molar refractivity (Wildman–Crippen MR) is 43.6 cm³/mol. The molecular formula is C7H11F3N4. The summed E-state index contributed by atoms with van der Waals surface area (Å²) in [4.78, 5) is 0. The van der Waals surface area contributed by atoms with E-state index in [2.05, 4.69) is 15.6 Å². The lowest BCUT2D eigenvalue weighted by Crippen LogP contribution is -2.25. The van der Waals surface area contributed by atoms with Crippen molar-refractivity contribution in [3.8, 4) is 0 Å². The minimum atomic E-state index is -4.08. The van der Waals surface area contributed by atoms with Crippen LogP contribution in [0.25, 0.3) is 0 Å². The van der Waals surface area contributed by atoms with Crippen LogP contribution in [-0.2, 0) is 6.54 Å². The van der Waals surface area contributed by atoms with Gasteiger partial charge in [-0.3, -0.25) is 4.68 Å². The molecule has 0 saturated carbocycles. The average Bonchev–Trinajstić information content (AvgIpc) is 2.54. The third kappa shape index (κ3) is 4.80. The van der Waals surface area contributed by atoms with Crippen molar-refractivity contribution >= 4 is 0 Å². The van der Waals surface area contributed by atoms with E-state index in [1.165, 1.54) is 6.20 Å². The molecule has 0 aliphatic rings. The highest BCUT2D eigenvalue weighted by Gasteiger charge is 2.25. The van der Waals surface area contributed by atoms with Crippen LogP contribution in [0.1, 0.15) is 6.42 Å². The van der Waals surface area contributed by atoms with Gasteiger partial charge < -0.3 is 5.32 Å². The van der Waals surface area contributed by atoms with E-state index in [1.807, 2.05) is 0 Å². The van der Waals surface area contributed by atoms with Gasteiger partial charge in [0, 0.05) is 19.3 Å². The first kappa shape index (κ1) is 11.0. The Morgan fingerprint density at radius 1 is 1.29 bits per heavy atom. The first-order valence-corrected chi connectivity index (χ1v) is 4.19. The first-order valence-electron chi connectivity index (χ1n) is 4.19. The van der Waals surface area contributed by atoms with Crippen molar-refractivity contribution in [2.75, 3.05) is 13.1 Å². The Morgan fingerprint density at radius 3 is 2.64 bits per heavy atom. The van der Waals surface area contributed by atoms with E-state index in [-0.39, 0.29) is 6.54 Å². The maximum absolute atomic E-state index is 11.7. The molecule has 0 amide bonds. The molecule has 0 spiro atoms. The van der Waals surface area contributed by atoms with Gasteiger partial charge in [0.2, 0.25) is 0 Å². The summed E-state index contributed by atoms with van der Waals surface area (Å²) in [5, 5.41) is 9.90. The SMILES string of the molecule is FC(F)(F)CCNCCn1ccnn1. The molecule has 80 valence electrons. The van der Waals surface area contributed by atoms with Crippen molar-refractivity contribution in [2.45, 2.75) is 19.1 Å². The van der Waals surface area contributed by atoms with Crippen LogP contribution in [-0.4, -0.2) is 34.3 Å². The monoisotopic (exact) mass is 208 g/mol. The lowest BCUT2D eigenvalue weighted by Gasteiger charge is -2.07. The molecule has 0 saturated heterocycles. The summed E-state index contributed by atoms with van der Waals surface area (Å²) in [6.07, 6.45) is -1.70. The molecule has 1 rings (SSSR count). The fourth-order valence-corrected chi connectivity index (χ4v) is 0.901. The van der Waals surface area contributed by atoms with Crippen LogP contribution in [0.3, 0.4) is 0 Å². The Morgan fingerprint density at radius 2 is 2.07 bits per heavy atom. The Labute approximate surface area is 79.1 Å². The van der Waals surface area contributed by atoms with Crippen molar-refractivity contribution in [3.05, 3.63) is 12.4 Å². The summed E-state index contributed by atoms with van der Waals surface area (Å²) in [6, 6.07) is 0. The van der Waals surface area contributed by atoms with Crippen LogP contribution in [0.4, 0.5) is 13.2 Å². The van der Waals surface area contributed by atoms with Gasteiger partial charge >= 0.3 is 6.18 Å². The molecule has 0 unspecified atom stereocenters. The van der Waals surface area contributed by atoms with Gasteiger partial charge in [0.1, 0.15) is 0 Å². The van der Waals surface area contributed by atoms with E-state index in [9.17, 15) is 13.2 Å². The van der Waals surface area contributed by atoms with Gasteiger partial charge in [0.25, 0.3) is 0 Å². The molecule has 14 heavy (non-hydrogen) atoms. The molecular weight excluding hydrogens is 197 g/mol. The van der Waals surface area contributed by atoms with Crippen LogP contribution in [0.5, 0.6) is 0 Å². The molecule has 1 heterocycles. The zero-order valence-electron chi connectivity index (χ0n) is 7.46. The molecule has 0 radical (unpaired) electrons. The number of halogens is 3. The van der Waals surface area contributed by atoms with Crippen LogP contribution < -0.4 is 5.32 Å². The van der Waals surface area contributed by atoms with Gasteiger partial charge in [-0.15, -0.1) is 5.10 Å². The quantitative estimate of drug-likeness (QED) is 0.728. The van der Waals surface area contributed by atoms with E-state index in [1.54, 1.807) is 10.9 Å². The second-order valence-corrected chi connectivity index (χ2v) is 2.78. The lowest BCUT2D eigenvalue weighted by molar-refractivity contribution is -0.133. The van der Waals surface area contributed by atoms with Crippen LogP contribution in [0.2, 0.25) is 0 Å². The molecule has 0 aliphatic heterocycles. The minimum absolute atomic E-state index is 0.0573. The third-order valence-corrected chi connectivity index (χ3v) is 1.57. The molecule has 1 aromatic rings. The normalized spacial score (nSPS) is 11.9. The fourth-order valence-electron chi connectivity index (χ4n) is 0.901. The predicted octanol–water partition coefficient (Wildman–Crippen LogP) is 0.820. The second kappa shape index (κ2) is 4.94. The molecule has 0 fully saturated rings. The highest BCUT2D eigenvalue weighted by atomic mass is 19.4.